The van der Waals surface area contributed by atoms with Crippen LogP contribution in [0.2, 0.25) is 5.02 Å². The number of alkyl halides is 3. The summed E-state index contributed by atoms with van der Waals surface area (Å²) in [5.74, 6) is -5.65. The molecule has 1 aromatic heterocycles. The molecule has 7 rings (SSSR count). The zero-order valence-electron chi connectivity index (χ0n) is 42.3. The molecule has 14 nitrogen and oxygen atoms in total. The third-order valence-corrected chi connectivity index (χ3v) is 14.7. The number of likely N-dealkylation sites (tertiary alicyclic amines) is 1. The maximum absolute atomic E-state index is 14.4. The first-order valence-electron chi connectivity index (χ1n) is 24.9. The van der Waals surface area contributed by atoms with Gasteiger partial charge >= 0.3 is 6.18 Å². The van der Waals surface area contributed by atoms with Crippen molar-refractivity contribution in [1.82, 2.24) is 31.2 Å². The first kappa shape index (κ1) is 56.9. The molecule has 6 N–H and O–H groups in total. The van der Waals surface area contributed by atoms with Crippen LogP contribution in [-0.2, 0) is 27.1 Å². The zero-order chi connectivity index (χ0) is 55.1. The summed E-state index contributed by atoms with van der Waals surface area (Å²) in [4.78, 5) is 87.7. The molecule has 2 aliphatic heterocycles. The highest BCUT2D eigenvalue weighted by molar-refractivity contribution is 7.13. The van der Waals surface area contributed by atoms with Gasteiger partial charge in [0.05, 0.1) is 33.8 Å². The maximum atomic E-state index is 14.4. The number of benzene rings is 4. The normalized spacial score (nSPS) is 16.7. The molecule has 76 heavy (non-hydrogen) atoms. The van der Waals surface area contributed by atoms with Crippen molar-refractivity contribution in [2.24, 2.45) is 5.41 Å². The maximum Gasteiger partial charge on any atom is 0.416 e. The van der Waals surface area contributed by atoms with Crippen LogP contribution < -0.4 is 26.6 Å². The van der Waals surface area contributed by atoms with E-state index in [0.29, 0.717) is 25.0 Å². The van der Waals surface area contributed by atoms with Crippen LogP contribution in [0.25, 0.3) is 10.4 Å². The number of aryl methyl sites for hydroxylation is 1. The number of hydrogen-bond acceptors (Lipinski definition) is 9. The molecule has 21 heteroatoms. The van der Waals surface area contributed by atoms with Crippen molar-refractivity contribution < 1.29 is 55.8 Å². The van der Waals surface area contributed by atoms with E-state index in [1.54, 1.807) is 16.8 Å². The van der Waals surface area contributed by atoms with Gasteiger partial charge in [0.25, 0.3) is 17.7 Å². The molecule has 404 valence electrons. The van der Waals surface area contributed by atoms with Crippen molar-refractivity contribution >= 4 is 64.1 Å². The van der Waals surface area contributed by atoms with E-state index in [9.17, 15) is 55.8 Å². The summed E-state index contributed by atoms with van der Waals surface area (Å²) >= 11 is 7.93. The highest BCUT2D eigenvalue weighted by atomic mass is 35.5. The number of carbonyl (C=O) groups excluding carboxylic acids is 6. The van der Waals surface area contributed by atoms with Gasteiger partial charge in [0.15, 0.2) is 0 Å². The Kier molecular flexibility index (Phi) is 18.3. The number of aliphatic hydroxyl groups is 1. The second kappa shape index (κ2) is 24.5. The van der Waals surface area contributed by atoms with Crippen molar-refractivity contribution in [3.05, 3.63) is 140 Å². The van der Waals surface area contributed by atoms with Gasteiger partial charge in [-0.15, -0.1) is 11.3 Å². The van der Waals surface area contributed by atoms with Crippen molar-refractivity contribution in [2.75, 3.05) is 18.4 Å². The molecule has 0 bridgehead atoms. The third kappa shape index (κ3) is 14.2. The van der Waals surface area contributed by atoms with E-state index in [1.165, 1.54) is 23.1 Å². The van der Waals surface area contributed by atoms with Gasteiger partial charge in [-0.25, -0.2) is 13.8 Å². The fraction of sp³-hybridized carbons (Fsp3) is 0.400. The van der Waals surface area contributed by atoms with E-state index in [4.69, 9.17) is 11.6 Å². The number of hydrogen-bond donors (Lipinski definition) is 6. The van der Waals surface area contributed by atoms with E-state index >= 15 is 0 Å². The van der Waals surface area contributed by atoms with Crippen LogP contribution in [0.1, 0.15) is 144 Å². The topological polar surface area (TPSA) is 199 Å². The number of aromatic nitrogens is 1. The predicted molar refractivity (Wildman–Crippen MR) is 277 cm³/mol. The number of amides is 6. The molecule has 1 saturated heterocycles. The van der Waals surface area contributed by atoms with E-state index in [-0.39, 0.29) is 77.4 Å². The van der Waals surface area contributed by atoms with Crippen LogP contribution in [0.5, 0.6) is 0 Å². The molecular formula is C55H59ClF5N7O7S. The standard InChI is InChI=1S/C55H59ClF5N7O7S/c1-30-47(76-29-64-30)32-15-13-31(14-16-32)27-63-52(74)43-26-38(69)28-68(43)53(75)48(54(2,3)4)66-44(70)12-10-8-6-5-7-9-11-19-62-49(71)34-22-40-45(46(67-51(40)73)39-25-36(57)17-18-41(39)56)42(23-34)65-50(72)33-20-35(55(59,60)61)24-37(58)21-33/h13-18,20-25,29,38,43,46,48,69H,5-12,19,26-28H2,1-4H3,(H,62,71)(H,63,74)(H,65,72)(H,66,70)(H,67,73)/t38-,43+,46+,48-/m1/s1. The van der Waals surface area contributed by atoms with Gasteiger partial charge in [-0.1, -0.05) is 88.7 Å². The highest BCUT2D eigenvalue weighted by Gasteiger charge is 2.44. The van der Waals surface area contributed by atoms with Gasteiger partial charge in [0.2, 0.25) is 17.7 Å². The number of fused-ring (bicyclic) bond motifs is 1. The van der Waals surface area contributed by atoms with Gasteiger partial charge < -0.3 is 36.6 Å². The minimum Gasteiger partial charge on any atom is -0.391 e. The summed E-state index contributed by atoms with van der Waals surface area (Å²) in [7, 11) is 0. The van der Waals surface area contributed by atoms with Gasteiger partial charge in [-0.2, -0.15) is 13.2 Å². The van der Waals surface area contributed by atoms with Crippen LogP contribution in [-0.4, -0.2) is 81.7 Å². The van der Waals surface area contributed by atoms with E-state index in [2.05, 4.69) is 31.6 Å². The Bertz CT molecular complexity index is 2980. The van der Waals surface area contributed by atoms with Crippen LogP contribution in [0, 0.1) is 24.0 Å². The first-order valence-corrected chi connectivity index (χ1v) is 26.2. The largest absolute Gasteiger partial charge is 0.416 e. The van der Waals surface area contributed by atoms with Crippen LogP contribution in [0.15, 0.2) is 78.3 Å². The lowest BCUT2D eigenvalue weighted by Crippen LogP contribution is -2.57. The smallest absolute Gasteiger partial charge is 0.391 e. The fourth-order valence-electron chi connectivity index (χ4n) is 9.33. The number of carbonyl (C=O) groups is 6. The Hall–Kier alpha value is -6.77. The molecule has 0 saturated carbocycles. The molecule has 5 aromatic rings. The van der Waals surface area contributed by atoms with Gasteiger partial charge in [0, 0.05) is 71.0 Å². The fourth-order valence-corrected chi connectivity index (χ4v) is 10.4. The lowest BCUT2D eigenvalue weighted by atomic mass is 9.85. The van der Waals surface area contributed by atoms with E-state index < -0.39 is 88.1 Å². The molecule has 6 amide bonds. The Morgan fingerprint density at radius 3 is 2.21 bits per heavy atom. The quantitative estimate of drug-likeness (QED) is 0.0327. The second-order valence-electron chi connectivity index (χ2n) is 20.2. The Balaban J connectivity index is 0.861. The number of thiazole rings is 1. The summed E-state index contributed by atoms with van der Waals surface area (Å²) < 4.78 is 69.3. The number of nitrogens with one attached hydrogen (secondary N) is 5. The Morgan fingerprint density at radius 2 is 1.54 bits per heavy atom. The van der Waals surface area contributed by atoms with Gasteiger partial charge in [0.1, 0.15) is 23.7 Å². The zero-order valence-corrected chi connectivity index (χ0v) is 43.8. The number of nitrogens with zero attached hydrogens (tertiary/aromatic N) is 2. The lowest BCUT2D eigenvalue weighted by Gasteiger charge is -2.35. The average Bonchev–Trinajstić information content (AvgIpc) is 4.08. The SMILES string of the molecule is Cc1ncsc1-c1ccc(CNC(=O)[C@@H]2C[C@@H](O)CN2C(=O)[C@@H](NC(=O)CCCCCCCCCNC(=O)c2cc(NC(=O)c3cc(F)cc(C(F)(F)F)c3)c3c(c2)C(=O)N[C@H]3c2cc(F)ccc2Cl)C(C)(C)C)cc1. The van der Waals surface area contributed by atoms with Crippen molar-refractivity contribution in [1.29, 1.82) is 0 Å². The molecule has 4 aromatic carbocycles. The molecular weight excluding hydrogens is 1030 g/mol. The molecule has 4 atom stereocenters. The Morgan fingerprint density at radius 1 is 0.855 bits per heavy atom. The number of anilines is 1. The highest BCUT2D eigenvalue weighted by Crippen LogP contribution is 2.41. The van der Waals surface area contributed by atoms with Gasteiger partial charge in [-0.3, -0.25) is 28.8 Å². The third-order valence-electron chi connectivity index (χ3n) is 13.3. The number of aliphatic hydroxyl groups excluding tert-OH is 1. The van der Waals surface area contributed by atoms with E-state index in [1.807, 2.05) is 52.0 Å². The summed E-state index contributed by atoms with van der Waals surface area (Å²) in [6.07, 6.45) is -0.523. The number of unbranched alkanes of at least 4 members (excludes halogenated alkanes) is 6. The average molecular weight is 1090 g/mol. The lowest BCUT2D eigenvalue weighted by molar-refractivity contribution is -0.144. The first-order chi connectivity index (χ1) is 36.0. The summed E-state index contributed by atoms with van der Waals surface area (Å²) in [6, 6.07) is 12.0. The molecule has 0 radical (unpaired) electrons. The molecule has 2 aliphatic rings. The van der Waals surface area contributed by atoms with Crippen LogP contribution in [0.4, 0.5) is 27.6 Å². The summed E-state index contributed by atoms with van der Waals surface area (Å²) in [5.41, 5.74) is 1.65. The molecule has 1 fully saturated rings. The number of rotatable bonds is 20. The minimum atomic E-state index is -4.97. The molecule has 0 unspecified atom stereocenters. The van der Waals surface area contributed by atoms with Crippen LogP contribution >= 0.6 is 22.9 Å². The van der Waals surface area contributed by atoms with Crippen molar-refractivity contribution in [2.45, 2.75) is 122 Å². The Labute approximate surface area is 445 Å². The monoisotopic (exact) mass is 1090 g/mol. The predicted octanol–water partition coefficient (Wildman–Crippen LogP) is 9.81. The van der Waals surface area contributed by atoms with Crippen molar-refractivity contribution in [3.8, 4) is 10.4 Å². The van der Waals surface area contributed by atoms with E-state index in [0.717, 1.165) is 65.9 Å². The number of β-amino-alcohol motifs (C(OH)–C–C–N with tert-alkyl or cyclic N) is 1. The summed E-state index contributed by atoms with van der Waals surface area (Å²) in [5, 5.41) is 24.3. The summed E-state index contributed by atoms with van der Waals surface area (Å²) in [6.45, 7) is 7.85. The molecule has 3 heterocycles. The van der Waals surface area contributed by atoms with Crippen molar-refractivity contribution in [3.63, 3.8) is 0 Å². The van der Waals surface area contributed by atoms with Gasteiger partial charge in [-0.05, 0) is 84.8 Å². The van der Waals surface area contributed by atoms with Crippen LogP contribution in [0.3, 0.4) is 0 Å². The second-order valence-corrected chi connectivity index (χ2v) is 21.4. The minimum absolute atomic E-state index is 0.0371. The molecule has 0 aliphatic carbocycles. The number of halogens is 6. The molecule has 0 spiro atoms.